The first kappa shape index (κ1) is 24.4. The van der Waals surface area contributed by atoms with E-state index in [1.807, 2.05) is 66.7 Å². The van der Waals surface area contributed by atoms with Gasteiger partial charge in [-0.1, -0.05) is 60.7 Å². The van der Waals surface area contributed by atoms with Crippen LogP contribution in [0.2, 0.25) is 0 Å². The number of methoxy groups -OCH3 is 1. The molecule has 2 N–H and O–H groups in total. The van der Waals surface area contributed by atoms with Crippen LogP contribution in [-0.4, -0.2) is 37.2 Å². The Morgan fingerprint density at radius 1 is 0.938 bits per heavy atom. The molecular formula is C24H27N3O5. The number of ether oxygens (including phenoxy) is 2. The molecule has 0 aliphatic heterocycles. The second-order valence-electron chi connectivity index (χ2n) is 7.30. The summed E-state index contributed by atoms with van der Waals surface area (Å²) in [4.78, 5) is 37.5. The Morgan fingerprint density at radius 3 is 2.09 bits per heavy atom. The molecule has 0 bridgehead atoms. The standard InChI is InChI=1S/C24H27N3O5/c1-17(15-25)13-21(23(29)31-2)26-22(28)20(14-18-9-5-3-6-10-18)27-24(30)32-16-19-11-7-4-8-12-19/h3-12,17,20-21H,13-14,16H2,1-2H3,(H,26,28)(H,27,30)/t17-,20-,21+/m1/s1. The summed E-state index contributed by atoms with van der Waals surface area (Å²) < 4.78 is 9.99. The minimum Gasteiger partial charge on any atom is -0.467 e. The molecule has 8 nitrogen and oxygen atoms in total. The molecule has 0 aliphatic carbocycles. The summed E-state index contributed by atoms with van der Waals surface area (Å²) >= 11 is 0. The molecule has 0 fully saturated rings. The Balaban J connectivity index is 2.10. The first-order valence-corrected chi connectivity index (χ1v) is 10.2. The summed E-state index contributed by atoms with van der Waals surface area (Å²) in [6.45, 7) is 1.69. The molecule has 0 saturated heterocycles. The Kier molecular flexibility index (Phi) is 9.72. The summed E-state index contributed by atoms with van der Waals surface area (Å²) in [5.74, 6) is -1.72. The maximum atomic E-state index is 13.0. The summed E-state index contributed by atoms with van der Waals surface area (Å²) in [6.07, 6.45) is -0.481. The van der Waals surface area contributed by atoms with Gasteiger partial charge in [0.25, 0.3) is 0 Å². The van der Waals surface area contributed by atoms with Gasteiger partial charge in [-0.15, -0.1) is 0 Å². The molecule has 168 valence electrons. The molecule has 0 unspecified atom stereocenters. The second-order valence-corrected chi connectivity index (χ2v) is 7.30. The van der Waals surface area contributed by atoms with Gasteiger partial charge in [0.1, 0.15) is 18.7 Å². The fourth-order valence-corrected chi connectivity index (χ4v) is 3.00. The number of benzene rings is 2. The van der Waals surface area contributed by atoms with Gasteiger partial charge in [-0.25, -0.2) is 9.59 Å². The molecule has 3 atom stereocenters. The van der Waals surface area contributed by atoms with Gasteiger partial charge in [0.15, 0.2) is 0 Å². The third-order valence-electron chi connectivity index (χ3n) is 4.72. The molecule has 2 rings (SSSR count). The van der Waals surface area contributed by atoms with Crippen LogP contribution >= 0.6 is 0 Å². The van der Waals surface area contributed by atoms with E-state index in [1.165, 1.54) is 7.11 Å². The SMILES string of the molecule is COC(=O)[C@H](C[C@@H](C)C#N)NC(=O)[C@@H](Cc1ccccc1)NC(=O)OCc1ccccc1. The molecule has 2 aromatic carbocycles. The highest BCUT2D eigenvalue weighted by atomic mass is 16.5. The molecular weight excluding hydrogens is 410 g/mol. The maximum Gasteiger partial charge on any atom is 0.408 e. The topological polar surface area (TPSA) is 118 Å². The summed E-state index contributed by atoms with van der Waals surface area (Å²) in [5.41, 5.74) is 1.62. The van der Waals surface area contributed by atoms with Gasteiger partial charge in [-0.05, 0) is 24.5 Å². The molecule has 0 spiro atoms. The lowest BCUT2D eigenvalue weighted by Gasteiger charge is -2.22. The number of alkyl carbamates (subject to hydrolysis) is 1. The van der Waals surface area contributed by atoms with Crippen molar-refractivity contribution < 1.29 is 23.9 Å². The summed E-state index contributed by atoms with van der Waals surface area (Å²) in [6, 6.07) is 18.3. The first-order chi connectivity index (χ1) is 15.4. The van der Waals surface area contributed by atoms with E-state index in [9.17, 15) is 14.4 Å². The number of nitriles is 1. The van der Waals surface area contributed by atoms with E-state index in [-0.39, 0.29) is 19.4 Å². The van der Waals surface area contributed by atoms with Crippen LogP contribution in [0.15, 0.2) is 60.7 Å². The molecule has 8 heteroatoms. The highest BCUT2D eigenvalue weighted by Gasteiger charge is 2.29. The van der Waals surface area contributed by atoms with Crippen molar-refractivity contribution in [3.05, 3.63) is 71.8 Å². The van der Waals surface area contributed by atoms with Gasteiger partial charge in [-0.2, -0.15) is 5.26 Å². The number of hydrogen-bond acceptors (Lipinski definition) is 6. The molecule has 2 amide bonds. The average molecular weight is 437 g/mol. The average Bonchev–Trinajstić information content (AvgIpc) is 2.82. The fourth-order valence-electron chi connectivity index (χ4n) is 3.00. The summed E-state index contributed by atoms with van der Waals surface area (Å²) in [5, 5.41) is 14.2. The van der Waals surface area contributed by atoms with Crippen LogP contribution in [-0.2, 0) is 32.1 Å². The van der Waals surface area contributed by atoms with Crippen LogP contribution in [0.4, 0.5) is 4.79 Å². The lowest BCUT2D eigenvalue weighted by atomic mass is 10.0. The second kappa shape index (κ2) is 12.7. The van der Waals surface area contributed by atoms with Crippen LogP contribution in [0.25, 0.3) is 0 Å². The number of nitrogens with zero attached hydrogens (tertiary/aromatic N) is 1. The van der Waals surface area contributed by atoms with E-state index in [0.717, 1.165) is 11.1 Å². The Morgan fingerprint density at radius 2 is 1.53 bits per heavy atom. The van der Waals surface area contributed by atoms with Gasteiger partial charge in [0.2, 0.25) is 5.91 Å². The quantitative estimate of drug-likeness (QED) is 0.552. The van der Waals surface area contributed by atoms with Crippen molar-refractivity contribution in [1.82, 2.24) is 10.6 Å². The van der Waals surface area contributed by atoms with Crippen LogP contribution in [0.5, 0.6) is 0 Å². The number of nitrogens with one attached hydrogen (secondary N) is 2. The fraction of sp³-hybridized carbons (Fsp3) is 0.333. The van der Waals surface area contributed by atoms with Crippen molar-refractivity contribution in [3.63, 3.8) is 0 Å². The van der Waals surface area contributed by atoms with Gasteiger partial charge < -0.3 is 20.1 Å². The molecule has 2 aromatic rings. The Hall–Kier alpha value is -3.86. The van der Waals surface area contributed by atoms with Crippen LogP contribution < -0.4 is 10.6 Å². The predicted molar refractivity (Wildman–Crippen MR) is 117 cm³/mol. The highest BCUT2D eigenvalue weighted by Crippen LogP contribution is 2.09. The van der Waals surface area contributed by atoms with E-state index < -0.39 is 36.0 Å². The lowest BCUT2D eigenvalue weighted by Crippen LogP contribution is -2.53. The molecule has 0 saturated carbocycles. The third kappa shape index (κ3) is 8.11. The van der Waals surface area contributed by atoms with Crippen molar-refractivity contribution in [2.24, 2.45) is 5.92 Å². The van der Waals surface area contributed by atoms with Gasteiger partial charge >= 0.3 is 12.1 Å². The number of esters is 1. The van der Waals surface area contributed by atoms with Crippen molar-refractivity contribution in [1.29, 1.82) is 5.26 Å². The monoisotopic (exact) mass is 437 g/mol. The predicted octanol–water partition coefficient (Wildman–Crippen LogP) is 2.73. The lowest BCUT2D eigenvalue weighted by molar-refractivity contribution is -0.145. The normalized spacial score (nSPS) is 13.0. The number of rotatable bonds is 10. The van der Waals surface area contributed by atoms with Crippen molar-refractivity contribution in [3.8, 4) is 6.07 Å². The van der Waals surface area contributed by atoms with Crippen LogP contribution in [0.3, 0.4) is 0 Å². The minimum absolute atomic E-state index is 0.0524. The zero-order valence-corrected chi connectivity index (χ0v) is 18.1. The number of hydrogen-bond donors (Lipinski definition) is 2. The Bertz CT molecular complexity index is 928. The van der Waals surface area contributed by atoms with Gasteiger partial charge in [-0.3, -0.25) is 4.79 Å². The number of carbonyl (C=O) groups is 3. The third-order valence-corrected chi connectivity index (χ3v) is 4.72. The van der Waals surface area contributed by atoms with E-state index in [2.05, 4.69) is 10.6 Å². The van der Waals surface area contributed by atoms with Crippen LogP contribution in [0, 0.1) is 17.2 Å². The molecule has 0 aromatic heterocycles. The van der Waals surface area contributed by atoms with E-state index in [1.54, 1.807) is 6.92 Å². The molecule has 32 heavy (non-hydrogen) atoms. The Labute approximate surface area is 187 Å². The van der Waals surface area contributed by atoms with Gasteiger partial charge in [0.05, 0.1) is 13.2 Å². The van der Waals surface area contributed by atoms with Gasteiger partial charge in [0, 0.05) is 12.3 Å². The van der Waals surface area contributed by atoms with E-state index >= 15 is 0 Å². The zero-order chi connectivity index (χ0) is 23.3. The smallest absolute Gasteiger partial charge is 0.408 e. The van der Waals surface area contributed by atoms with E-state index in [4.69, 9.17) is 14.7 Å². The highest BCUT2D eigenvalue weighted by molar-refractivity contribution is 5.89. The van der Waals surface area contributed by atoms with E-state index in [0.29, 0.717) is 0 Å². The number of amides is 2. The molecule has 0 heterocycles. The van der Waals surface area contributed by atoms with Crippen molar-refractivity contribution in [2.45, 2.75) is 38.5 Å². The first-order valence-electron chi connectivity index (χ1n) is 10.2. The van der Waals surface area contributed by atoms with Crippen molar-refractivity contribution in [2.75, 3.05) is 7.11 Å². The largest absolute Gasteiger partial charge is 0.467 e. The molecule has 0 aliphatic rings. The maximum absolute atomic E-state index is 13.0. The van der Waals surface area contributed by atoms with Crippen LogP contribution in [0.1, 0.15) is 24.5 Å². The molecule has 0 radical (unpaired) electrons. The zero-order valence-electron chi connectivity index (χ0n) is 18.1. The van der Waals surface area contributed by atoms with Crippen molar-refractivity contribution >= 4 is 18.0 Å². The minimum atomic E-state index is -1.01. The summed E-state index contributed by atoms with van der Waals surface area (Å²) in [7, 11) is 1.21. The number of carbonyl (C=O) groups excluding carboxylic acids is 3.